The number of likely N-dealkylation sites (tertiary alicyclic amines) is 1. The molecule has 2 aliphatic rings. The van der Waals surface area contributed by atoms with Crippen LogP contribution in [-0.4, -0.2) is 79.5 Å². The molecule has 2 aliphatic heterocycles. The second kappa shape index (κ2) is 13.0. The number of likely N-dealkylation sites (N-methyl/N-ethyl adjacent to an activating group) is 1. The number of nitrogens with zero attached hydrogens (tertiary/aromatic N) is 2. The molecule has 1 fully saturated rings. The Balaban J connectivity index is 1.70. The standard InChI is InChI=1S/C31H40N4O5/c1-20(2)17-24-29(36)32-15-13-22-19-23(11-12-26(22)39-5)40-27-14-16-35(28(27)30(37)33-24)31(38)25(34(3)4)18-21-9-7-6-8-10-21/h6-13,15,19-20,24-25,27-28H,14,16-18H2,1-5H3,(H,32,36)(H,33,37)/t24-,25-,27-,28+/m0/s1. The molecular weight excluding hydrogens is 508 g/mol. The van der Waals surface area contributed by atoms with Gasteiger partial charge in [0.1, 0.15) is 29.7 Å². The smallest absolute Gasteiger partial charge is 0.247 e. The molecule has 2 N–H and O–H groups in total. The molecule has 0 aliphatic carbocycles. The predicted octanol–water partition coefficient (Wildman–Crippen LogP) is 2.85. The van der Waals surface area contributed by atoms with Gasteiger partial charge in [0, 0.05) is 24.7 Å². The van der Waals surface area contributed by atoms with Gasteiger partial charge >= 0.3 is 0 Å². The van der Waals surface area contributed by atoms with E-state index in [9.17, 15) is 14.4 Å². The van der Waals surface area contributed by atoms with Crippen LogP contribution in [0.25, 0.3) is 6.08 Å². The van der Waals surface area contributed by atoms with Gasteiger partial charge < -0.3 is 25.0 Å². The van der Waals surface area contributed by atoms with Gasteiger partial charge in [-0.3, -0.25) is 19.3 Å². The lowest BCUT2D eigenvalue weighted by molar-refractivity contribution is -0.144. The Labute approximate surface area is 236 Å². The van der Waals surface area contributed by atoms with Crippen molar-refractivity contribution in [2.75, 3.05) is 27.7 Å². The number of rotatable bonds is 7. The van der Waals surface area contributed by atoms with Crippen LogP contribution in [0.3, 0.4) is 0 Å². The Morgan fingerprint density at radius 3 is 2.55 bits per heavy atom. The lowest BCUT2D eigenvalue weighted by Crippen LogP contribution is -2.58. The van der Waals surface area contributed by atoms with Crippen LogP contribution in [-0.2, 0) is 20.8 Å². The van der Waals surface area contributed by atoms with E-state index in [2.05, 4.69) is 10.6 Å². The molecule has 3 amide bonds. The van der Waals surface area contributed by atoms with Gasteiger partial charge in [0.2, 0.25) is 17.7 Å². The summed E-state index contributed by atoms with van der Waals surface area (Å²) in [4.78, 5) is 44.6. The van der Waals surface area contributed by atoms with Crippen LogP contribution in [0.2, 0.25) is 0 Å². The first-order valence-corrected chi connectivity index (χ1v) is 13.8. The molecule has 1 saturated heterocycles. The molecule has 2 heterocycles. The van der Waals surface area contributed by atoms with E-state index in [0.717, 1.165) is 11.1 Å². The zero-order chi connectivity index (χ0) is 28.8. The van der Waals surface area contributed by atoms with E-state index in [1.54, 1.807) is 36.4 Å². The van der Waals surface area contributed by atoms with Crippen molar-refractivity contribution in [3.63, 3.8) is 0 Å². The van der Waals surface area contributed by atoms with E-state index in [4.69, 9.17) is 9.47 Å². The Morgan fingerprint density at radius 2 is 1.88 bits per heavy atom. The van der Waals surface area contributed by atoms with Gasteiger partial charge in [0.05, 0.1) is 13.2 Å². The van der Waals surface area contributed by atoms with Crippen molar-refractivity contribution in [1.82, 2.24) is 20.4 Å². The second-order valence-electron chi connectivity index (χ2n) is 11.0. The molecule has 2 bridgehead atoms. The summed E-state index contributed by atoms with van der Waals surface area (Å²) < 4.78 is 11.9. The highest BCUT2D eigenvalue weighted by Crippen LogP contribution is 2.30. The predicted molar refractivity (Wildman–Crippen MR) is 154 cm³/mol. The molecular formula is C31H40N4O5. The fourth-order valence-electron chi connectivity index (χ4n) is 5.33. The van der Waals surface area contributed by atoms with Crippen molar-refractivity contribution >= 4 is 23.8 Å². The third kappa shape index (κ3) is 6.83. The Hall–Kier alpha value is -3.85. The van der Waals surface area contributed by atoms with E-state index < -0.39 is 30.1 Å². The molecule has 0 unspecified atom stereocenters. The Kier molecular flexibility index (Phi) is 9.47. The summed E-state index contributed by atoms with van der Waals surface area (Å²) in [7, 11) is 5.32. The maximum Gasteiger partial charge on any atom is 0.247 e. The van der Waals surface area contributed by atoms with Gasteiger partial charge in [-0.05, 0) is 62.7 Å². The summed E-state index contributed by atoms with van der Waals surface area (Å²) in [6.07, 6.45) is 4.13. The highest BCUT2D eigenvalue weighted by Gasteiger charge is 2.46. The van der Waals surface area contributed by atoms with Crippen molar-refractivity contribution in [2.45, 2.75) is 57.3 Å². The minimum Gasteiger partial charge on any atom is -0.496 e. The maximum absolute atomic E-state index is 14.0. The number of hydrogen-bond acceptors (Lipinski definition) is 6. The lowest BCUT2D eigenvalue weighted by atomic mass is 10.0. The number of ether oxygens (including phenoxy) is 2. The molecule has 2 aromatic carbocycles. The molecule has 214 valence electrons. The summed E-state index contributed by atoms with van der Waals surface area (Å²) in [6.45, 7) is 4.36. The number of hydrogen-bond donors (Lipinski definition) is 2. The van der Waals surface area contributed by atoms with Gasteiger partial charge in [-0.2, -0.15) is 0 Å². The van der Waals surface area contributed by atoms with Crippen molar-refractivity contribution in [3.8, 4) is 11.5 Å². The number of nitrogens with one attached hydrogen (secondary N) is 2. The molecule has 2 aromatic rings. The maximum atomic E-state index is 14.0. The van der Waals surface area contributed by atoms with Crippen molar-refractivity contribution in [3.05, 3.63) is 65.9 Å². The molecule has 9 heteroatoms. The van der Waals surface area contributed by atoms with Gasteiger partial charge in [-0.1, -0.05) is 44.2 Å². The molecule has 0 aromatic heterocycles. The summed E-state index contributed by atoms with van der Waals surface area (Å²) in [5, 5.41) is 5.74. The van der Waals surface area contributed by atoms with E-state index in [1.165, 1.54) is 0 Å². The molecule has 4 atom stereocenters. The first-order valence-electron chi connectivity index (χ1n) is 13.8. The minimum atomic E-state index is -0.896. The summed E-state index contributed by atoms with van der Waals surface area (Å²) in [6, 6.07) is 13.1. The average molecular weight is 549 g/mol. The monoisotopic (exact) mass is 548 g/mol. The van der Waals surface area contributed by atoms with E-state index >= 15 is 0 Å². The van der Waals surface area contributed by atoms with Crippen LogP contribution in [0.15, 0.2) is 54.7 Å². The molecule has 0 radical (unpaired) electrons. The van der Waals surface area contributed by atoms with Crippen LogP contribution in [0.1, 0.15) is 37.8 Å². The number of carbonyl (C=O) groups is 3. The van der Waals surface area contributed by atoms with Crippen LogP contribution >= 0.6 is 0 Å². The number of fused-ring (bicyclic) bond motifs is 3. The van der Waals surface area contributed by atoms with Crippen molar-refractivity contribution in [1.29, 1.82) is 0 Å². The SMILES string of the molecule is COc1ccc2cc1C=CNC(=O)[C@H](CC(C)C)NC(=O)[C@H]1[C@H](CCN1C(=O)[C@H](Cc1ccccc1)N(C)C)O2. The zero-order valence-corrected chi connectivity index (χ0v) is 23.9. The molecule has 9 nitrogen and oxygen atoms in total. The lowest BCUT2D eigenvalue weighted by Gasteiger charge is -2.33. The minimum absolute atomic E-state index is 0.147. The summed E-state index contributed by atoms with van der Waals surface area (Å²) >= 11 is 0. The van der Waals surface area contributed by atoms with Crippen LogP contribution in [0.4, 0.5) is 0 Å². The molecule has 0 saturated carbocycles. The highest BCUT2D eigenvalue weighted by molar-refractivity contribution is 5.94. The largest absolute Gasteiger partial charge is 0.496 e. The first-order chi connectivity index (χ1) is 19.2. The number of methoxy groups -OCH3 is 1. The summed E-state index contributed by atoms with van der Waals surface area (Å²) in [5.74, 6) is 0.460. The molecule has 40 heavy (non-hydrogen) atoms. The van der Waals surface area contributed by atoms with Crippen LogP contribution in [0, 0.1) is 5.92 Å². The fraction of sp³-hybridized carbons (Fsp3) is 0.452. The second-order valence-corrected chi connectivity index (χ2v) is 11.0. The van der Waals surface area contributed by atoms with Crippen molar-refractivity contribution < 1.29 is 23.9 Å². The van der Waals surface area contributed by atoms with Gasteiger partial charge in [-0.25, -0.2) is 0 Å². The van der Waals surface area contributed by atoms with E-state index in [1.807, 2.05) is 69.2 Å². The average Bonchev–Trinajstić information content (AvgIpc) is 3.34. The number of benzene rings is 2. The molecule has 0 spiro atoms. The third-order valence-electron chi connectivity index (χ3n) is 7.39. The van der Waals surface area contributed by atoms with E-state index in [-0.39, 0.29) is 17.7 Å². The topological polar surface area (TPSA) is 100 Å². The highest BCUT2D eigenvalue weighted by atomic mass is 16.5. The third-order valence-corrected chi connectivity index (χ3v) is 7.39. The number of carbonyl (C=O) groups excluding carboxylic acids is 3. The van der Waals surface area contributed by atoms with Crippen molar-refractivity contribution in [2.24, 2.45) is 5.92 Å². The van der Waals surface area contributed by atoms with Gasteiger partial charge in [0.15, 0.2) is 0 Å². The van der Waals surface area contributed by atoms with E-state index in [0.29, 0.717) is 37.3 Å². The van der Waals surface area contributed by atoms with Crippen LogP contribution < -0.4 is 20.1 Å². The molecule has 4 rings (SSSR count). The normalized spacial score (nSPS) is 21.9. The number of amides is 3. The van der Waals surface area contributed by atoms with Crippen LogP contribution in [0.5, 0.6) is 11.5 Å². The Morgan fingerprint density at radius 1 is 1.12 bits per heavy atom. The van der Waals surface area contributed by atoms with Gasteiger partial charge in [-0.15, -0.1) is 0 Å². The Bertz CT molecular complexity index is 1230. The quantitative estimate of drug-likeness (QED) is 0.552. The summed E-state index contributed by atoms with van der Waals surface area (Å²) in [5.41, 5.74) is 1.75. The zero-order valence-electron chi connectivity index (χ0n) is 23.9. The fourth-order valence-corrected chi connectivity index (χ4v) is 5.33. The van der Waals surface area contributed by atoms with Gasteiger partial charge in [0.25, 0.3) is 0 Å². The first kappa shape index (κ1) is 29.1.